The number of ether oxygens (including phenoxy) is 2. The van der Waals surface area contributed by atoms with Crippen LogP contribution in [-0.4, -0.2) is 72.6 Å². The van der Waals surface area contributed by atoms with Crippen LogP contribution in [0.25, 0.3) is 11.0 Å². The Labute approximate surface area is 191 Å². The topological polar surface area (TPSA) is 103 Å². The average molecular weight is 475 g/mol. The van der Waals surface area contributed by atoms with Gasteiger partial charge in [0, 0.05) is 40.3 Å². The third-order valence-corrected chi connectivity index (χ3v) is 7.79. The van der Waals surface area contributed by atoms with Crippen LogP contribution >= 0.6 is 0 Å². The van der Waals surface area contributed by atoms with E-state index >= 15 is 0 Å². The Balaban J connectivity index is 1.39. The van der Waals surface area contributed by atoms with Gasteiger partial charge in [-0.2, -0.15) is 4.31 Å². The molecule has 176 valence electrons. The summed E-state index contributed by atoms with van der Waals surface area (Å²) in [5.41, 5.74) is 0.991. The van der Waals surface area contributed by atoms with Crippen molar-refractivity contribution >= 4 is 27.0 Å². The lowest BCUT2D eigenvalue weighted by Crippen LogP contribution is -2.51. The maximum atomic E-state index is 13.2. The number of amides is 1. The fraction of sp³-hybridized carbons (Fsp3) is 0.364. The van der Waals surface area contributed by atoms with Gasteiger partial charge in [0.2, 0.25) is 10.0 Å². The van der Waals surface area contributed by atoms with Crippen LogP contribution in [0.3, 0.4) is 0 Å². The van der Waals surface area contributed by atoms with Gasteiger partial charge in [-0.25, -0.2) is 13.2 Å². The van der Waals surface area contributed by atoms with Crippen LogP contribution in [0.2, 0.25) is 0 Å². The van der Waals surface area contributed by atoms with E-state index in [0.29, 0.717) is 22.5 Å². The fourth-order valence-electron chi connectivity index (χ4n) is 3.88. The van der Waals surface area contributed by atoms with E-state index in [9.17, 15) is 18.0 Å². The monoisotopic (exact) mass is 474 g/mol. The average Bonchev–Trinajstić information content (AvgIpc) is 3.06. The molecule has 0 saturated carbocycles. The van der Waals surface area contributed by atoms with E-state index in [2.05, 4.69) is 0 Å². The molecule has 1 saturated heterocycles. The summed E-state index contributed by atoms with van der Waals surface area (Å²) in [5, 5.41) is 0. The molecule has 11 heteroatoms. The summed E-state index contributed by atoms with van der Waals surface area (Å²) in [6.45, 7) is 0.786. The maximum Gasteiger partial charge on any atom is 0.328 e. The van der Waals surface area contributed by atoms with Crippen LogP contribution < -0.4 is 15.2 Å². The van der Waals surface area contributed by atoms with E-state index in [1.165, 1.54) is 25.6 Å². The molecule has 1 fully saturated rings. The molecule has 0 aliphatic carbocycles. The quantitative estimate of drug-likeness (QED) is 0.524. The summed E-state index contributed by atoms with van der Waals surface area (Å²) in [5.74, 6) is 1.04. The Morgan fingerprint density at radius 2 is 1.52 bits per heavy atom. The van der Waals surface area contributed by atoms with E-state index < -0.39 is 10.0 Å². The Morgan fingerprint density at radius 1 is 0.909 bits per heavy atom. The number of fused-ring (bicyclic) bond motifs is 1. The minimum atomic E-state index is -3.76. The highest BCUT2D eigenvalue weighted by Gasteiger charge is 2.30. The highest BCUT2D eigenvalue weighted by atomic mass is 32.2. The highest BCUT2D eigenvalue weighted by molar-refractivity contribution is 7.89. The van der Waals surface area contributed by atoms with E-state index in [4.69, 9.17) is 9.47 Å². The van der Waals surface area contributed by atoms with Crippen LogP contribution in [0.5, 0.6) is 11.5 Å². The molecule has 0 bridgehead atoms. The van der Waals surface area contributed by atoms with Gasteiger partial charge in [0.05, 0.1) is 23.0 Å². The predicted octanol–water partition coefficient (Wildman–Crippen LogP) is 0.798. The Hall–Kier alpha value is -3.31. The lowest BCUT2D eigenvalue weighted by atomic mass is 10.3. The number of nitrogens with zero attached hydrogens (tertiary/aromatic N) is 4. The van der Waals surface area contributed by atoms with Crippen molar-refractivity contribution in [2.24, 2.45) is 14.1 Å². The zero-order valence-corrected chi connectivity index (χ0v) is 19.5. The lowest BCUT2D eigenvalue weighted by Gasteiger charge is -2.34. The second-order valence-electron chi connectivity index (χ2n) is 7.80. The number of aromatic nitrogens is 2. The molecule has 0 atom stereocenters. The number of piperazine rings is 1. The van der Waals surface area contributed by atoms with Gasteiger partial charge >= 0.3 is 5.69 Å². The molecule has 1 amide bonds. The summed E-state index contributed by atoms with van der Waals surface area (Å²) in [6.07, 6.45) is 0. The van der Waals surface area contributed by atoms with Crippen LogP contribution in [0.1, 0.15) is 0 Å². The molecule has 2 heterocycles. The van der Waals surface area contributed by atoms with Gasteiger partial charge in [0.1, 0.15) is 11.5 Å². The number of sulfonamides is 1. The molecule has 0 radical (unpaired) electrons. The molecule has 3 aromatic rings. The smallest absolute Gasteiger partial charge is 0.328 e. The van der Waals surface area contributed by atoms with E-state index in [1.807, 2.05) is 0 Å². The standard InChI is InChI=1S/C22H26N4O6S/c1-23-19-9-8-18(14-20(19)24(2)22(23)28)33(29,30)26-12-10-25(11-13-26)21(27)15-32-17-6-4-16(31-3)5-7-17/h4-9,14H,10-13,15H2,1-3H3. The van der Waals surface area contributed by atoms with Crippen molar-refractivity contribution in [3.8, 4) is 11.5 Å². The van der Waals surface area contributed by atoms with Crippen LogP contribution in [0.15, 0.2) is 52.2 Å². The first-order valence-electron chi connectivity index (χ1n) is 10.4. The summed E-state index contributed by atoms with van der Waals surface area (Å²) in [7, 11) is 1.07. The van der Waals surface area contributed by atoms with Gasteiger partial charge in [-0.3, -0.25) is 13.9 Å². The van der Waals surface area contributed by atoms with Gasteiger partial charge in [0.25, 0.3) is 5.91 Å². The molecule has 0 unspecified atom stereocenters. The summed E-state index contributed by atoms with van der Waals surface area (Å²) >= 11 is 0. The Bertz CT molecular complexity index is 1340. The number of methoxy groups -OCH3 is 1. The second-order valence-corrected chi connectivity index (χ2v) is 9.74. The van der Waals surface area contributed by atoms with Crippen molar-refractivity contribution in [1.82, 2.24) is 18.3 Å². The Kier molecular flexibility index (Phi) is 6.17. The van der Waals surface area contributed by atoms with Crippen LogP contribution in [0, 0.1) is 0 Å². The SMILES string of the molecule is COc1ccc(OCC(=O)N2CCN(S(=O)(=O)c3ccc4c(c3)n(C)c(=O)n4C)CC2)cc1. The molecule has 4 rings (SSSR count). The number of imidazole rings is 1. The molecule has 0 N–H and O–H groups in total. The zero-order valence-electron chi connectivity index (χ0n) is 18.7. The molecule has 33 heavy (non-hydrogen) atoms. The largest absolute Gasteiger partial charge is 0.497 e. The lowest BCUT2D eigenvalue weighted by molar-refractivity contribution is -0.134. The number of aryl methyl sites for hydroxylation is 2. The third-order valence-electron chi connectivity index (χ3n) is 5.89. The molecular weight excluding hydrogens is 448 g/mol. The molecule has 1 aliphatic rings. The number of carbonyl (C=O) groups is 1. The summed E-state index contributed by atoms with van der Waals surface area (Å²) in [6, 6.07) is 11.6. The van der Waals surface area contributed by atoms with Gasteiger partial charge < -0.3 is 14.4 Å². The van der Waals surface area contributed by atoms with Crippen molar-refractivity contribution in [2.75, 3.05) is 39.9 Å². The normalized spacial score (nSPS) is 15.1. The van der Waals surface area contributed by atoms with Crippen molar-refractivity contribution in [1.29, 1.82) is 0 Å². The van der Waals surface area contributed by atoms with Gasteiger partial charge in [0.15, 0.2) is 6.61 Å². The fourth-order valence-corrected chi connectivity index (χ4v) is 5.33. The number of benzene rings is 2. The van der Waals surface area contributed by atoms with E-state index in [-0.39, 0.29) is 49.3 Å². The number of rotatable bonds is 6. The number of hydrogen-bond donors (Lipinski definition) is 0. The summed E-state index contributed by atoms with van der Waals surface area (Å²) in [4.78, 5) is 26.4. The first-order chi connectivity index (χ1) is 15.7. The maximum absolute atomic E-state index is 13.2. The number of hydrogen-bond acceptors (Lipinski definition) is 6. The number of carbonyl (C=O) groups excluding carboxylic acids is 1. The molecule has 1 aromatic heterocycles. The summed E-state index contributed by atoms with van der Waals surface area (Å²) < 4.78 is 41.2. The van der Waals surface area contributed by atoms with Gasteiger partial charge in [-0.1, -0.05) is 0 Å². The molecule has 10 nitrogen and oxygen atoms in total. The highest BCUT2D eigenvalue weighted by Crippen LogP contribution is 2.22. The third kappa shape index (κ3) is 4.33. The minimum Gasteiger partial charge on any atom is -0.497 e. The van der Waals surface area contributed by atoms with Crippen molar-refractivity contribution in [3.05, 3.63) is 52.9 Å². The Morgan fingerprint density at radius 3 is 2.15 bits per heavy atom. The molecule has 1 aliphatic heterocycles. The van der Waals surface area contributed by atoms with Gasteiger partial charge in [-0.05, 0) is 42.5 Å². The van der Waals surface area contributed by atoms with Crippen molar-refractivity contribution in [3.63, 3.8) is 0 Å². The predicted molar refractivity (Wildman–Crippen MR) is 122 cm³/mol. The molecule has 2 aromatic carbocycles. The zero-order chi connectivity index (χ0) is 23.8. The second kappa shape index (κ2) is 8.91. The van der Waals surface area contributed by atoms with Crippen molar-refractivity contribution in [2.45, 2.75) is 4.90 Å². The van der Waals surface area contributed by atoms with Crippen molar-refractivity contribution < 1.29 is 22.7 Å². The van der Waals surface area contributed by atoms with E-state index in [0.717, 1.165) is 0 Å². The first-order valence-corrected chi connectivity index (χ1v) is 11.9. The minimum absolute atomic E-state index is 0.124. The van der Waals surface area contributed by atoms with Crippen LogP contribution in [-0.2, 0) is 28.9 Å². The first kappa shape index (κ1) is 22.9. The molecular formula is C22H26N4O6S. The molecule has 0 spiro atoms. The van der Waals surface area contributed by atoms with Crippen LogP contribution in [0.4, 0.5) is 0 Å². The van der Waals surface area contributed by atoms with Gasteiger partial charge in [-0.15, -0.1) is 0 Å². The van der Waals surface area contributed by atoms with E-state index in [1.54, 1.807) is 56.4 Å².